The average Bonchev–Trinajstić information content (AvgIpc) is 3.31. The molecule has 1 fully saturated rings. The SMILES string of the molecule is CC(C)NCC(C(=O)N1CCN(c2ncnc3c2[C@H](C)C[C@H]3O)CC1)c1sccc1Br. The molecule has 1 aliphatic heterocycles. The number of rotatable bonds is 6. The van der Waals surface area contributed by atoms with E-state index >= 15 is 0 Å². The van der Waals surface area contributed by atoms with Gasteiger partial charge in [0.25, 0.3) is 0 Å². The van der Waals surface area contributed by atoms with Gasteiger partial charge in [0.15, 0.2) is 0 Å². The third kappa shape index (κ3) is 4.65. The minimum Gasteiger partial charge on any atom is -0.387 e. The van der Waals surface area contributed by atoms with E-state index in [2.05, 4.69) is 56.9 Å². The molecule has 1 aliphatic carbocycles. The van der Waals surface area contributed by atoms with E-state index in [1.54, 1.807) is 17.7 Å². The van der Waals surface area contributed by atoms with E-state index < -0.39 is 6.10 Å². The van der Waals surface area contributed by atoms with E-state index in [-0.39, 0.29) is 17.7 Å². The first kappa shape index (κ1) is 22.6. The molecule has 2 aromatic heterocycles. The molecule has 2 aromatic rings. The van der Waals surface area contributed by atoms with Crippen LogP contribution in [0.15, 0.2) is 22.2 Å². The molecule has 3 atom stereocenters. The Bertz CT molecular complexity index is 928. The number of carbonyl (C=O) groups excluding carboxylic acids is 1. The Kier molecular flexibility index (Phi) is 6.95. The number of aliphatic hydroxyl groups excluding tert-OH is 1. The molecule has 31 heavy (non-hydrogen) atoms. The van der Waals surface area contributed by atoms with Crippen molar-refractivity contribution in [3.05, 3.63) is 38.4 Å². The Labute approximate surface area is 196 Å². The van der Waals surface area contributed by atoms with Gasteiger partial charge in [0, 0.05) is 53.7 Å². The van der Waals surface area contributed by atoms with Crippen molar-refractivity contribution in [3.8, 4) is 0 Å². The highest BCUT2D eigenvalue weighted by atomic mass is 79.9. The van der Waals surface area contributed by atoms with Gasteiger partial charge in [-0.2, -0.15) is 0 Å². The van der Waals surface area contributed by atoms with Gasteiger partial charge in [-0.25, -0.2) is 9.97 Å². The van der Waals surface area contributed by atoms with Gasteiger partial charge in [-0.1, -0.05) is 20.8 Å². The van der Waals surface area contributed by atoms with Crippen LogP contribution in [0.3, 0.4) is 0 Å². The number of amides is 1. The largest absolute Gasteiger partial charge is 0.387 e. The molecule has 0 radical (unpaired) electrons. The number of halogens is 1. The van der Waals surface area contributed by atoms with Crippen LogP contribution in [0.2, 0.25) is 0 Å². The van der Waals surface area contributed by atoms with Crippen LogP contribution in [0, 0.1) is 0 Å². The Hall–Kier alpha value is -1.55. The van der Waals surface area contributed by atoms with Gasteiger partial charge in [0.05, 0.1) is 17.7 Å². The first-order valence-corrected chi connectivity index (χ1v) is 12.6. The number of carbonyl (C=O) groups is 1. The molecular formula is C22H30BrN5O2S. The van der Waals surface area contributed by atoms with Crippen LogP contribution < -0.4 is 10.2 Å². The molecule has 2 aliphatic rings. The molecule has 1 saturated heterocycles. The summed E-state index contributed by atoms with van der Waals surface area (Å²) in [6.07, 6.45) is 1.74. The molecule has 168 valence electrons. The first-order chi connectivity index (χ1) is 14.9. The van der Waals surface area contributed by atoms with Crippen molar-refractivity contribution in [2.75, 3.05) is 37.6 Å². The minimum atomic E-state index is -0.506. The fourth-order valence-electron chi connectivity index (χ4n) is 4.51. The number of hydrogen-bond acceptors (Lipinski definition) is 7. The zero-order valence-corrected chi connectivity index (χ0v) is 20.6. The zero-order valence-electron chi connectivity index (χ0n) is 18.2. The number of thiophene rings is 1. The van der Waals surface area contributed by atoms with Gasteiger partial charge in [-0.05, 0) is 39.7 Å². The maximum absolute atomic E-state index is 13.5. The Balaban J connectivity index is 1.47. The van der Waals surface area contributed by atoms with Gasteiger partial charge in [-0.3, -0.25) is 4.79 Å². The molecule has 0 spiro atoms. The molecule has 4 rings (SSSR count). The summed E-state index contributed by atoms with van der Waals surface area (Å²) < 4.78 is 1.00. The second-order valence-electron chi connectivity index (χ2n) is 8.71. The first-order valence-electron chi connectivity index (χ1n) is 10.9. The van der Waals surface area contributed by atoms with Gasteiger partial charge in [0.1, 0.15) is 12.1 Å². The Morgan fingerprint density at radius 1 is 1.32 bits per heavy atom. The summed E-state index contributed by atoms with van der Waals surface area (Å²) in [5.74, 6) is 1.14. The van der Waals surface area contributed by atoms with Crippen molar-refractivity contribution in [1.29, 1.82) is 0 Å². The van der Waals surface area contributed by atoms with E-state index in [1.165, 1.54) is 0 Å². The van der Waals surface area contributed by atoms with Crippen LogP contribution in [0.1, 0.15) is 61.3 Å². The van der Waals surface area contributed by atoms with E-state index in [9.17, 15) is 9.90 Å². The number of nitrogens with one attached hydrogen (secondary N) is 1. The number of aliphatic hydroxyl groups is 1. The highest BCUT2D eigenvalue weighted by Gasteiger charge is 2.35. The quantitative estimate of drug-likeness (QED) is 0.624. The smallest absolute Gasteiger partial charge is 0.232 e. The van der Waals surface area contributed by atoms with Crippen LogP contribution in [-0.4, -0.2) is 64.6 Å². The summed E-state index contributed by atoms with van der Waals surface area (Å²) >= 11 is 5.24. The van der Waals surface area contributed by atoms with Crippen LogP contribution in [0.5, 0.6) is 0 Å². The lowest BCUT2D eigenvalue weighted by atomic mass is 10.0. The van der Waals surface area contributed by atoms with Crippen molar-refractivity contribution in [2.45, 2.75) is 51.2 Å². The lowest BCUT2D eigenvalue weighted by Crippen LogP contribution is -2.51. The van der Waals surface area contributed by atoms with E-state index in [0.29, 0.717) is 32.1 Å². The summed E-state index contributed by atoms with van der Waals surface area (Å²) in [6.45, 7) is 9.73. The summed E-state index contributed by atoms with van der Waals surface area (Å²) in [4.78, 5) is 27.7. The molecule has 0 saturated carbocycles. The third-order valence-electron chi connectivity index (χ3n) is 6.16. The molecule has 1 amide bonds. The standard InChI is InChI=1S/C22H30BrN5O2S/c1-13(2)24-11-15(20-16(23)4-9-31-20)22(30)28-7-5-27(6-8-28)21-18-14(3)10-17(29)19(18)25-12-26-21/h4,9,12-15,17,24,29H,5-8,10-11H2,1-3H3/t14-,15?,17-/m1/s1. The number of fused-ring (bicyclic) bond motifs is 1. The normalized spacial score (nSPS) is 22.1. The van der Waals surface area contributed by atoms with Gasteiger partial charge < -0.3 is 20.2 Å². The summed E-state index contributed by atoms with van der Waals surface area (Å²) in [5, 5.41) is 15.7. The summed E-state index contributed by atoms with van der Waals surface area (Å²) in [7, 11) is 0. The molecule has 3 heterocycles. The minimum absolute atomic E-state index is 0.174. The van der Waals surface area contributed by atoms with Crippen molar-refractivity contribution in [2.24, 2.45) is 0 Å². The van der Waals surface area contributed by atoms with E-state index in [1.807, 2.05) is 16.3 Å². The van der Waals surface area contributed by atoms with Crippen molar-refractivity contribution < 1.29 is 9.90 Å². The zero-order chi connectivity index (χ0) is 22.1. The van der Waals surface area contributed by atoms with Gasteiger partial charge >= 0.3 is 0 Å². The third-order valence-corrected chi connectivity index (χ3v) is 8.14. The van der Waals surface area contributed by atoms with Crippen molar-refractivity contribution >= 4 is 39.0 Å². The van der Waals surface area contributed by atoms with E-state index in [0.717, 1.165) is 39.5 Å². The predicted octanol–water partition coefficient (Wildman–Crippen LogP) is 3.27. The van der Waals surface area contributed by atoms with Gasteiger partial charge in [-0.15, -0.1) is 11.3 Å². The average molecular weight is 508 g/mol. The van der Waals surface area contributed by atoms with E-state index in [4.69, 9.17) is 0 Å². The highest BCUT2D eigenvalue weighted by Crippen LogP contribution is 2.43. The fourth-order valence-corrected chi connectivity index (χ4v) is 6.26. The highest BCUT2D eigenvalue weighted by molar-refractivity contribution is 9.10. The maximum atomic E-state index is 13.5. The molecule has 0 aromatic carbocycles. The number of piperazine rings is 1. The van der Waals surface area contributed by atoms with Crippen LogP contribution in [0.4, 0.5) is 5.82 Å². The lowest BCUT2D eigenvalue weighted by Gasteiger charge is -2.38. The molecule has 9 heteroatoms. The summed E-state index contributed by atoms with van der Waals surface area (Å²) in [6, 6.07) is 2.34. The molecule has 7 nitrogen and oxygen atoms in total. The lowest BCUT2D eigenvalue weighted by molar-refractivity contribution is -0.133. The van der Waals surface area contributed by atoms with Crippen molar-refractivity contribution in [1.82, 2.24) is 20.2 Å². The maximum Gasteiger partial charge on any atom is 0.232 e. The van der Waals surface area contributed by atoms with Crippen molar-refractivity contribution in [3.63, 3.8) is 0 Å². The predicted molar refractivity (Wildman–Crippen MR) is 127 cm³/mol. The summed E-state index contributed by atoms with van der Waals surface area (Å²) in [5.41, 5.74) is 1.83. The topological polar surface area (TPSA) is 81.6 Å². The Morgan fingerprint density at radius 2 is 2.06 bits per heavy atom. The van der Waals surface area contributed by atoms with Crippen LogP contribution in [-0.2, 0) is 4.79 Å². The molecular weight excluding hydrogens is 478 g/mol. The number of anilines is 1. The number of aromatic nitrogens is 2. The number of nitrogens with zero attached hydrogens (tertiary/aromatic N) is 4. The second-order valence-corrected chi connectivity index (χ2v) is 10.5. The van der Waals surface area contributed by atoms with Crippen LogP contribution in [0.25, 0.3) is 0 Å². The molecule has 1 unspecified atom stereocenters. The second kappa shape index (κ2) is 9.52. The number of hydrogen-bond donors (Lipinski definition) is 2. The van der Waals surface area contributed by atoms with Gasteiger partial charge in [0.2, 0.25) is 5.91 Å². The van der Waals surface area contributed by atoms with Crippen LogP contribution >= 0.6 is 27.3 Å². The molecule has 0 bridgehead atoms. The fraction of sp³-hybridized carbons (Fsp3) is 0.591. The molecule has 2 N–H and O–H groups in total. The monoisotopic (exact) mass is 507 g/mol. The Morgan fingerprint density at radius 3 is 2.71 bits per heavy atom.